The van der Waals surface area contributed by atoms with Gasteiger partial charge >= 0.3 is 0 Å². The fourth-order valence-electron chi connectivity index (χ4n) is 3.15. The van der Waals surface area contributed by atoms with E-state index in [0.29, 0.717) is 41.8 Å². The molecule has 0 bridgehead atoms. The molecule has 0 atom stereocenters. The highest BCUT2D eigenvalue weighted by atomic mass is 32.2. The SMILES string of the molecule is COc1ccccc1OCCNC(=O)c1ccccc1SCc1nnnn1-c1ccccc1. The van der Waals surface area contributed by atoms with E-state index in [2.05, 4.69) is 20.8 Å². The van der Waals surface area contributed by atoms with Crippen molar-refractivity contribution in [3.8, 4) is 17.2 Å². The minimum absolute atomic E-state index is 0.163. The molecule has 9 heteroatoms. The number of benzene rings is 3. The number of nitrogens with zero attached hydrogens (tertiary/aromatic N) is 4. The van der Waals surface area contributed by atoms with Gasteiger partial charge in [0.2, 0.25) is 0 Å². The van der Waals surface area contributed by atoms with Gasteiger partial charge in [0.15, 0.2) is 17.3 Å². The van der Waals surface area contributed by atoms with Crippen LogP contribution < -0.4 is 14.8 Å². The number of amides is 1. The molecule has 0 saturated carbocycles. The average molecular weight is 462 g/mol. The molecule has 168 valence electrons. The zero-order valence-corrected chi connectivity index (χ0v) is 18.9. The van der Waals surface area contributed by atoms with Gasteiger partial charge in [-0.15, -0.1) is 16.9 Å². The Morgan fingerprint density at radius 3 is 2.52 bits per heavy atom. The van der Waals surface area contributed by atoms with Crippen LogP contribution >= 0.6 is 11.8 Å². The van der Waals surface area contributed by atoms with Gasteiger partial charge in [0.1, 0.15) is 6.61 Å². The molecule has 33 heavy (non-hydrogen) atoms. The number of carbonyl (C=O) groups excluding carboxylic acids is 1. The van der Waals surface area contributed by atoms with E-state index in [9.17, 15) is 4.79 Å². The monoisotopic (exact) mass is 461 g/mol. The maximum atomic E-state index is 12.8. The van der Waals surface area contributed by atoms with E-state index in [1.165, 1.54) is 11.8 Å². The standard InChI is InChI=1S/C24H23N5O3S/c1-31-20-12-6-7-13-21(20)32-16-15-25-24(30)19-11-5-8-14-22(19)33-17-23-26-27-28-29(23)18-9-3-2-4-10-18/h2-14H,15-17H2,1H3,(H,25,30). The lowest BCUT2D eigenvalue weighted by atomic mass is 10.2. The Labute approximate surface area is 195 Å². The summed E-state index contributed by atoms with van der Waals surface area (Å²) in [6, 6.07) is 24.6. The zero-order chi connectivity index (χ0) is 22.9. The third kappa shape index (κ3) is 5.69. The maximum Gasteiger partial charge on any atom is 0.252 e. The van der Waals surface area contributed by atoms with Crippen LogP contribution in [-0.2, 0) is 5.75 Å². The molecule has 8 nitrogen and oxygen atoms in total. The number of para-hydroxylation sites is 3. The first-order valence-electron chi connectivity index (χ1n) is 10.3. The summed E-state index contributed by atoms with van der Waals surface area (Å²) in [5.41, 5.74) is 1.48. The molecular formula is C24H23N5O3S. The number of ether oxygens (including phenoxy) is 2. The van der Waals surface area contributed by atoms with Gasteiger partial charge < -0.3 is 14.8 Å². The Morgan fingerprint density at radius 2 is 1.70 bits per heavy atom. The summed E-state index contributed by atoms with van der Waals surface area (Å²) in [6.07, 6.45) is 0. The van der Waals surface area contributed by atoms with Crippen molar-refractivity contribution in [3.05, 3.63) is 90.3 Å². The number of rotatable bonds is 10. The number of methoxy groups -OCH3 is 1. The molecule has 1 aromatic heterocycles. The van der Waals surface area contributed by atoms with E-state index in [0.717, 1.165) is 10.6 Å². The van der Waals surface area contributed by atoms with Crippen LogP contribution in [0.5, 0.6) is 11.5 Å². The van der Waals surface area contributed by atoms with E-state index < -0.39 is 0 Å². The normalized spacial score (nSPS) is 10.6. The van der Waals surface area contributed by atoms with Crippen LogP contribution in [0, 0.1) is 0 Å². The van der Waals surface area contributed by atoms with Crippen LogP contribution in [0.4, 0.5) is 0 Å². The van der Waals surface area contributed by atoms with Crippen LogP contribution in [0.1, 0.15) is 16.2 Å². The molecule has 3 aromatic carbocycles. The number of nitrogens with one attached hydrogen (secondary N) is 1. The average Bonchev–Trinajstić information content (AvgIpc) is 3.35. The topological polar surface area (TPSA) is 91.2 Å². The number of aromatic nitrogens is 4. The van der Waals surface area contributed by atoms with Crippen molar-refractivity contribution in [3.63, 3.8) is 0 Å². The number of tetrazole rings is 1. The van der Waals surface area contributed by atoms with Crippen LogP contribution in [0.2, 0.25) is 0 Å². The summed E-state index contributed by atoms with van der Waals surface area (Å²) in [6.45, 7) is 0.690. The van der Waals surface area contributed by atoms with Crippen molar-refractivity contribution in [2.45, 2.75) is 10.6 Å². The Kier molecular flexibility index (Phi) is 7.55. The first-order chi connectivity index (χ1) is 16.3. The smallest absolute Gasteiger partial charge is 0.252 e. The van der Waals surface area contributed by atoms with Gasteiger partial charge in [-0.25, -0.2) is 0 Å². The maximum absolute atomic E-state index is 12.8. The van der Waals surface area contributed by atoms with Crippen molar-refractivity contribution in [2.24, 2.45) is 0 Å². The van der Waals surface area contributed by atoms with Gasteiger partial charge in [0, 0.05) is 4.90 Å². The van der Waals surface area contributed by atoms with Crippen LogP contribution in [0.15, 0.2) is 83.8 Å². The van der Waals surface area contributed by atoms with E-state index in [1.54, 1.807) is 17.9 Å². The second kappa shape index (κ2) is 11.1. The van der Waals surface area contributed by atoms with E-state index in [4.69, 9.17) is 9.47 Å². The molecule has 0 unspecified atom stereocenters. The lowest BCUT2D eigenvalue weighted by molar-refractivity contribution is 0.0944. The molecular weight excluding hydrogens is 438 g/mol. The number of thioether (sulfide) groups is 1. The van der Waals surface area contributed by atoms with Gasteiger partial charge in [0.25, 0.3) is 5.91 Å². The van der Waals surface area contributed by atoms with Crippen LogP contribution in [-0.4, -0.2) is 46.4 Å². The molecule has 4 rings (SSSR count). The molecule has 1 amide bonds. The molecule has 4 aromatic rings. The molecule has 0 radical (unpaired) electrons. The highest BCUT2D eigenvalue weighted by molar-refractivity contribution is 7.98. The van der Waals surface area contributed by atoms with Crippen LogP contribution in [0.3, 0.4) is 0 Å². The molecule has 0 saturated heterocycles. The van der Waals surface area contributed by atoms with Gasteiger partial charge in [-0.1, -0.05) is 42.5 Å². The Morgan fingerprint density at radius 1 is 0.970 bits per heavy atom. The van der Waals surface area contributed by atoms with Gasteiger partial charge in [-0.2, -0.15) is 4.68 Å². The number of hydrogen-bond acceptors (Lipinski definition) is 7. The zero-order valence-electron chi connectivity index (χ0n) is 18.0. The third-order valence-electron chi connectivity index (χ3n) is 4.74. The summed E-state index contributed by atoms with van der Waals surface area (Å²) in [5.74, 6) is 2.35. The lowest BCUT2D eigenvalue weighted by Gasteiger charge is -2.12. The first-order valence-corrected chi connectivity index (χ1v) is 11.3. The van der Waals surface area contributed by atoms with Crippen molar-refractivity contribution in [1.29, 1.82) is 0 Å². The van der Waals surface area contributed by atoms with Crippen molar-refractivity contribution in [2.75, 3.05) is 20.3 Å². The summed E-state index contributed by atoms with van der Waals surface area (Å²) in [4.78, 5) is 13.6. The predicted molar refractivity (Wildman–Crippen MR) is 126 cm³/mol. The summed E-state index contributed by atoms with van der Waals surface area (Å²) < 4.78 is 12.7. The Hall–Kier alpha value is -3.85. The molecule has 0 aliphatic carbocycles. The first kappa shape index (κ1) is 22.3. The quantitative estimate of drug-likeness (QED) is 0.284. The fourth-order valence-corrected chi connectivity index (χ4v) is 4.10. The molecule has 0 aliphatic rings. The number of carbonyl (C=O) groups is 1. The summed E-state index contributed by atoms with van der Waals surface area (Å²) in [7, 11) is 1.59. The minimum Gasteiger partial charge on any atom is -0.493 e. The van der Waals surface area contributed by atoms with Crippen molar-refractivity contribution >= 4 is 17.7 Å². The largest absolute Gasteiger partial charge is 0.493 e. The highest BCUT2D eigenvalue weighted by Crippen LogP contribution is 2.27. The molecule has 0 aliphatic heterocycles. The third-order valence-corrected chi connectivity index (χ3v) is 5.81. The van der Waals surface area contributed by atoms with Gasteiger partial charge in [-0.3, -0.25) is 4.79 Å². The molecule has 1 heterocycles. The molecule has 1 N–H and O–H groups in total. The second-order valence-electron chi connectivity index (χ2n) is 6.88. The minimum atomic E-state index is -0.163. The second-order valence-corrected chi connectivity index (χ2v) is 7.90. The van der Waals surface area contributed by atoms with Gasteiger partial charge in [0.05, 0.1) is 30.7 Å². The van der Waals surface area contributed by atoms with E-state index in [-0.39, 0.29) is 5.91 Å². The van der Waals surface area contributed by atoms with Crippen molar-refractivity contribution < 1.29 is 14.3 Å². The Balaban J connectivity index is 1.35. The molecule has 0 spiro atoms. The van der Waals surface area contributed by atoms with Crippen LogP contribution in [0.25, 0.3) is 5.69 Å². The van der Waals surface area contributed by atoms with E-state index >= 15 is 0 Å². The fraction of sp³-hybridized carbons (Fsp3) is 0.167. The molecule has 0 fully saturated rings. The summed E-state index contributed by atoms with van der Waals surface area (Å²) in [5, 5.41) is 14.9. The predicted octanol–water partition coefficient (Wildman–Crippen LogP) is 3.77. The van der Waals surface area contributed by atoms with E-state index in [1.807, 2.05) is 72.8 Å². The summed E-state index contributed by atoms with van der Waals surface area (Å²) >= 11 is 1.51. The highest BCUT2D eigenvalue weighted by Gasteiger charge is 2.14. The van der Waals surface area contributed by atoms with Gasteiger partial charge in [-0.05, 0) is 46.8 Å². The number of hydrogen-bond donors (Lipinski definition) is 1. The Bertz CT molecular complexity index is 1200. The van der Waals surface area contributed by atoms with Crippen molar-refractivity contribution in [1.82, 2.24) is 25.5 Å². The lowest BCUT2D eigenvalue weighted by Crippen LogP contribution is -2.28.